The molecule has 3 N–H and O–H groups in total. The molecule has 0 aromatic carbocycles. The fourth-order valence-electron chi connectivity index (χ4n) is 10.8. The van der Waals surface area contributed by atoms with Crippen LogP contribution >= 0.6 is 15.6 Å². The average Bonchev–Trinajstić information content (AvgIpc) is 3.09. The predicted molar refractivity (Wildman–Crippen MR) is 363 cm³/mol. The number of hydrogen-bond donors (Lipinski definition) is 3. The second kappa shape index (κ2) is 64.4. The van der Waals surface area contributed by atoms with Gasteiger partial charge in [0.1, 0.15) is 19.3 Å². The number of ether oxygens (including phenoxy) is 4. The van der Waals surface area contributed by atoms with E-state index in [2.05, 4.69) is 34.6 Å². The Labute approximate surface area is 549 Å². The Bertz CT molecular complexity index is 1740. The van der Waals surface area contributed by atoms with Crippen LogP contribution in [0.2, 0.25) is 0 Å². The van der Waals surface area contributed by atoms with Crippen molar-refractivity contribution in [1.29, 1.82) is 0 Å². The number of phosphoric ester groups is 2. The van der Waals surface area contributed by atoms with Crippen molar-refractivity contribution in [3.8, 4) is 0 Å². The van der Waals surface area contributed by atoms with Crippen molar-refractivity contribution in [2.75, 3.05) is 39.6 Å². The topological polar surface area (TPSA) is 237 Å². The van der Waals surface area contributed by atoms with Crippen LogP contribution in [-0.2, 0) is 65.4 Å². The molecular weight excluding hydrogens is 1190 g/mol. The molecule has 0 aliphatic heterocycles. The fraction of sp³-hybridized carbons (Fsp3) is 0.944. The SMILES string of the molecule is CCCCCCCCCCCCCCCCCCCC(=O)O[C@H](COC(=O)CCCCCCCCCCCCCC(C)C)COP(=O)(O)OC[C@@H](O)COP(=O)(O)OC[C@@H](COC(=O)CCCCCCCCCCC)OC(=O)CCCCCCCCCCCC. The van der Waals surface area contributed by atoms with Crippen molar-refractivity contribution >= 4 is 39.5 Å². The molecule has 0 spiro atoms. The van der Waals surface area contributed by atoms with Gasteiger partial charge in [-0.05, 0) is 31.6 Å². The maximum atomic E-state index is 13.0. The van der Waals surface area contributed by atoms with E-state index in [4.69, 9.17) is 37.0 Å². The van der Waals surface area contributed by atoms with Gasteiger partial charge in [0.25, 0.3) is 0 Å². The number of unbranched alkanes of at least 4 members (excludes halogenated alkanes) is 43. The number of rotatable bonds is 71. The third-order valence-corrected chi connectivity index (χ3v) is 18.4. The first-order valence-corrected chi connectivity index (χ1v) is 40.1. The summed E-state index contributed by atoms with van der Waals surface area (Å²) < 4.78 is 68.3. The van der Waals surface area contributed by atoms with E-state index in [9.17, 15) is 43.2 Å². The van der Waals surface area contributed by atoms with Crippen LogP contribution < -0.4 is 0 Å². The monoisotopic (exact) mass is 1320 g/mol. The van der Waals surface area contributed by atoms with Gasteiger partial charge in [-0.25, -0.2) is 9.13 Å². The second-order valence-electron chi connectivity index (χ2n) is 26.1. The van der Waals surface area contributed by atoms with Gasteiger partial charge < -0.3 is 33.8 Å². The molecule has 0 aliphatic rings. The molecule has 5 atom stereocenters. The lowest BCUT2D eigenvalue weighted by Crippen LogP contribution is -2.30. The quantitative estimate of drug-likeness (QED) is 0.0222. The summed E-state index contributed by atoms with van der Waals surface area (Å²) in [5, 5.41) is 10.6. The summed E-state index contributed by atoms with van der Waals surface area (Å²) in [6.07, 6.45) is 51.3. The third kappa shape index (κ3) is 64.8. The Morgan fingerprint density at radius 1 is 0.300 bits per heavy atom. The number of aliphatic hydroxyl groups excluding tert-OH is 1. The lowest BCUT2D eigenvalue weighted by Gasteiger charge is -2.21. The van der Waals surface area contributed by atoms with Gasteiger partial charge in [0.2, 0.25) is 0 Å². The van der Waals surface area contributed by atoms with E-state index in [1.54, 1.807) is 0 Å². The van der Waals surface area contributed by atoms with E-state index in [0.29, 0.717) is 25.7 Å². The van der Waals surface area contributed by atoms with Crippen LogP contribution in [0.3, 0.4) is 0 Å². The molecule has 0 saturated heterocycles. The number of phosphoric acid groups is 2. The van der Waals surface area contributed by atoms with Gasteiger partial charge in [-0.3, -0.25) is 37.3 Å². The van der Waals surface area contributed by atoms with Crippen LogP contribution in [0.5, 0.6) is 0 Å². The molecule has 0 bridgehead atoms. The molecule has 19 heteroatoms. The molecule has 0 rings (SSSR count). The average molecular weight is 1330 g/mol. The van der Waals surface area contributed by atoms with Gasteiger partial charge in [-0.2, -0.15) is 0 Å². The highest BCUT2D eigenvalue weighted by molar-refractivity contribution is 7.47. The molecule has 0 heterocycles. The summed E-state index contributed by atoms with van der Waals surface area (Å²) in [4.78, 5) is 72.5. The smallest absolute Gasteiger partial charge is 0.462 e. The van der Waals surface area contributed by atoms with Gasteiger partial charge in [-0.1, -0.05) is 317 Å². The molecule has 0 radical (unpaired) electrons. The van der Waals surface area contributed by atoms with Crippen molar-refractivity contribution in [1.82, 2.24) is 0 Å². The van der Waals surface area contributed by atoms with E-state index >= 15 is 0 Å². The first kappa shape index (κ1) is 88.1. The molecule has 0 amide bonds. The van der Waals surface area contributed by atoms with Crippen LogP contribution in [0.25, 0.3) is 0 Å². The number of carbonyl (C=O) groups is 4. The molecule has 17 nitrogen and oxygen atoms in total. The molecular formula is C71H138O17P2. The van der Waals surface area contributed by atoms with Crippen LogP contribution in [0.15, 0.2) is 0 Å². The molecule has 0 aliphatic carbocycles. The van der Waals surface area contributed by atoms with E-state index < -0.39 is 97.5 Å². The number of esters is 4. The highest BCUT2D eigenvalue weighted by Gasteiger charge is 2.30. The number of carbonyl (C=O) groups excluding carboxylic acids is 4. The Balaban J connectivity index is 5.22. The first-order valence-electron chi connectivity index (χ1n) is 37.1. The minimum Gasteiger partial charge on any atom is -0.462 e. The van der Waals surface area contributed by atoms with Gasteiger partial charge >= 0.3 is 39.5 Å². The van der Waals surface area contributed by atoms with Crippen molar-refractivity contribution in [3.05, 3.63) is 0 Å². The maximum Gasteiger partial charge on any atom is 0.472 e. The molecule has 0 aromatic rings. The summed E-state index contributed by atoms with van der Waals surface area (Å²) in [6.45, 7) is 7.24. The Hall–Kier alpha value is -1.94. The van der Waals surface area contributed by atoms with Crippen LogP contribution in [0.4, 0.5) is 0 Å². The van der Waals surface area contributed by atoms with E-state index in [0.717, 1.165) is 95.8 Å². The van der Waals surface area contributed by atoms with Crippen molar-refractivity contribution in [3.63, 3.8) is 0 Å². The van der Waals surface area contributed by atoms with E-state index in [1.165, 1.54) is 193 Å². The lowest BCUT2D eigenvalue weighted by atomic mass is 10.0. The molecule has 0 saturated carbocycles. The standard InChI is InChI=1S/C71H138O17P2/c1-6-9-12-15-18-21-23-24-25-26-27-28-31-37-42-47-52-57-71(76)88-67(61-82-69(74)55-50-45-40-36-32-29-30-34-38-43-48-53-64(4)5)63-86-90(79,80)84-59-65(72)58-83-89(77,78)85-62-66(60-81-68(73)54-49-44-39-33-20-17-14-11-8-3)87-70(75)56-51-46-41-35-22-19-16-13-10-7-2/h64-67,72H,6-63H2,1-5H3,(H,77,78)(H,79,80)/t65-,66+,67+/m0/s1. The number of aliphatic hydroxyl groups is 1. The van der Waals surface area contributed by atoms with Crippen molar-refractivity contribution in [2.45, 2.75) is 387 Å². The van der Waals surface area contributed by atoms with Gasteiger partial charge in [0.05, 0.1) is 26.4 Å². The summed E-state index contributed by atoms with van der Waals surface area (Å²) in [6, 6.07) is 0. The summed E-state index contributed by atoms with van der Waals surface area (Å²) in [5.74, 6) is -1.35. The second-order valence-corrected chi connectivity index (χ2v) is 29.0. The zero-order valence-electron chi connectivity index (χ0n) is 58.3. The number of hydrogen-bond acceptors (Lipinski definition) is 15. The van der Waals surface area contributed by atoms with Crippen LogP contribution in [0, 0.1) is 5.92 Å². The van der Waals surface area contributed by atoms with Gasteiger partial charge in [0.15, 0.2) is 12.2 Å². The van der Waals surface area contributed by atoms with E-state index in [-0.39, 0.29) is 25.7 Å². The zero-order valence-corrected chi connectivity index (χ0v) is 60.1. The van der Waals surface area contributed by atoms with Crippen molar-refractivity contribution in [2.24, 2.45) is 5.92 Å². The zero-order chi connectivity index (χ0) is 66.3. The fourth-order valence-corrected chi connectivity index (χ4v) is 12.4. The summed E-state index contributed by atoms with van der Waals surface area (Å²) >= 11 is 0. The van der Waals surface area contributed by atoms with Crippen LogP contribution in [0.1, 0.15) is 369 Å². The van der Waals surface area contributed by atoms with Gasteiger partial charge in [-0.15, -0.1) is 0 Å². The Morgan fingerprint density at radius 2 is 0.511 bits per heavy atom. The molecule has 90 heavy (non-hydrogen) atoms. The molecule has 534 valence electrons. The highest BCUT2D eigenvalue weighted by Crippen LogP contribution is 2.45. The predicted octanol–water partition coefficient (Wildman–Crippen LogP) is 20.5. The highest BCUT2D eigenvalue weighted by atomic mass is 31.2. The Morgan fingerprint density at radius 3 is 0.756 bits per heavy atom. The molecule has 0 fully saturated rings. The summed E-state index contributed by atoms with van der Waals surface area (Å²) in [7, 11) is -9.90. The van der Waals surface area contributed by atoms with E-state index in [1.807, 2.05) is 0 Å². The summed E-state index contributed by atoms with van der Waals surface area (Å²) in [5.41, 5.74) is 0. The minimum absolute atomic E-state index is 0.107. The minimum atomic E-state index is -4.95. The largest absolute Gasteiger partial charge is 0.472 e. The van der Waals surface area contributed by atoms with Crippen LogP contribution in [-0.4, -0.2) is 96.7 Å². The van der Waals surface area contributed by atoms with Crippen molar-refractivity contribution < 1.29 is 80.2 Å². The molecule has 2 unspecified atom stereocenters. The van der Waals surface area contributed by atoms with Gasteiger partial charge in [0, 0.05) is 25.7 Å². The third-order valence-electron chi connectivity index (χ3n) is 16.5. The lowest BCUT2D eigenvalue weighted by molar-refractivity contribution is -0.161. The normalized spacial score (nSPS) is 14.1. The maximum absolute atomic E-state index is 13.0. The molecule has 0 aromatic heterocycles. The Kier molecular flexibility index (Phi) is 63.0. The first-order chi connectivity index (χ1) is 43.5.